The fourth-order valence-corrected chi connectivity index (χ4v) is 1.60. The predicted molar refractivity (Wildman–Crippen MR) is 65.0 cm³/mol. The van der Waals surface area contributed by atoms with E-state index >= 15 is 0 Å². The summed E-state index contributed by atoms with van der Waals surface area (Å²) in [6.07, 6.45) is 1.72. The molecule has 0 aromatic heterocycles. The van der Waals surface area contributed by atoms with Gasteiger partial charge in [0.2, 0.25) is 5.91 Å². The van der Waals surface area contributed by atoms with Crippen LogP contribution in [0.2, 0.25) is 0 Å². The SMILES string of the molecule is O.O=C(O)C(=O)O.O=C1CCCN1CC1=NCCN1. The van der Waals surface area contributed by atoms with Crippen LogP contribution < -0.4 is 5.32 Å². The van der Waals surface area contributed by atoms with Gasteiger partial charge in [-0.05, 0) is 6.42 Å². The molecule has 2 aliphatic heterocycles. The lowest BCUT2D eigenvalue weighted by Crippen LogP contribution is -2.35. The fourth-order valence-electron chi connectivity index (χ4n) is 1.60. The highest BCUT2D eigenvalue weighted by atomic mass is 16.4. The number of hydrogen-bond donors (Lipinski definition) is 3. The summed E-state index contributed by atoms with van der Waals surface area (Å²) in [6, 6.07) is 0. The highest BCUT2D eigenvalue weighted by Gasteiger charge is 2.21. The summed E-state index contributed by atoms with van der Waals surface area (Å²) in [7, 11) is 0. The Morgan fingerprint density at radius 2 is 1.95 bits per heavy atom. The van der Waals surface area contributed by atoms with Gasteiger partial charge >= 0.3 is 11.9 Å². The van der Waals surface area contributed by atoms with E-state index in [1.807, 2.05) is 4.90 Å². The van der Waals surface area contributed by atoms with E-state index in [9.17, 15) is 4.79 Å². The van der Waals surface area contributed by atoms with Crippen LogP contribution in [-0.2, 0) is 14.4 Å². The monoisotopic (exact) mass is 275 g/mol. The lowest BCUT2D eigenvalue weighted by Gasteiger charge is -2.14. The Bertz CT molecular complexity index is 369. The van der Waals surface area contributed by atoms with Crippen LogP contribution in [0.3, 0.4) is 0 Å². The predicted octanol–water partition coefficient (Wildman–Crippen LogP) is -2.06. The van der Waals surface area contributed by atoms with Gasteiger partial charge in [-0.15, -0.1) is 0 Å². The van der Waals surface area contributed by atoms with Gasteiger partial charge in [0, 0.05) is 19.5 Å². The van der Waals surface area contributed by atoms with Crippen molar-refractivity contribution in [2.45, 2.75) is 12.8 Å². The van der Waals surface area contributed by atoms with E-state index in [0.717, 1.165) is 31.9 Å². The maximum absolute atomic E-state index is 11.2. The zero-order valence-corrected chi connectivity index (χ0v) is 10.3. The second kappa shape index (κ2) is 8.03. The van der Waals surface area contributed by atoms with Crippen LogP contribution in [0.25, 0.3) is 0 Å². The Labute approximate surface area is 109 Å². The molecule has 2 aliphatic rings. The van der Waals surface area contributed by atoms with E-state index < -0.39 is 11.9 Å². The van der Waals surface area contributed by atoms with Crippen LogP contribution in [0.4, 0.5) is 0 Å². The normalized spacial score (nSPS) is 16.7. The molecule has 2 rings (SSSR count). The van der Waals surface area contributed by atoms with Crippen molar-refractivity contribution in [3.05, 3.63) is 0 Å². The number of carboxylic acids is 2. The molecule has 0 radical (unpaired) electrons. The molecule has 0 bridgehead atoms. The average molecular weight is 275 g/mol. The number of nitrogens with zero attached hydrogens (tertiary/aromatic N) is 2. The van der Waals surface area contributed by atoms with Crippen LogP contribution in [-0.4, -0.2) is 70.4 Å². The number of carboxylic acid groups (broad SMARTS) is 2. The van der Waals surface area contributed by atoms with Gasteiger partial charge in [-0.3, -0.25) is 9.79 Å². The number of nitrogens with one attached hydrogen (secondary N) is 1. The number of carbonyl (C=O) groups is 3. The summed E-state index contributed by atoms with van der Waals surface area (Å²) in [5, 5.41) is 17.9. The average Bonchev–Trinajstić information content (AvgIpc) is 2.93. The highest BCUT2D eigenvalue weighted by Crippen LogP contribution is 2.08. The van der Waals surface area contributed by atoms with E-state index in [4.69, 9.17) is 19.8 Å². The molecule has 0 aromatic rings. The Hall–Kier alpha value is -2.16. The molecular weight excluding hydrogens is 258 g/mol. The maximum atomic E-state index is 11.2. The van der Waals surface area contributed by atoms with Gasteiger partial charge in [-0.25, -0.2) is 9.59 Å². The van der Waals surface area contributed by atoms with Crippen LogP contribution in [0, 0.1) is 0 Å². The molecule has 1 saturated heterocycles. The van der Waals surface area contributed by atoms with Gasteiger partial charge < -0.3 is 25.9 Å². The van der Waals surface area contributed by atoms with E-state index in [2.05, 4.69) is 10.3 Å². The third-order valence-corrected chi connectivity index (χ3v) is 2.44. The summed E-state index contributed by atoms with van der Waals surface area (Å²) in [6.45, 7) is 3.38. The topological polar surface area (TPSA) is 151 Å². The minimum atomic E-state index is -1.82. The van der Waals surface area contributed by atoms with Crippen molar-refractivity contribution >= 4 is 23.7 Å². The Balaban J connectivity index is 0.000000404. The molecule has 19 heavy (non-hydrogen) atoms. The number of hydrogen-bond acceptors (Lipinski definition) is 5. The first-order valence-electron chi connectivity index (χ1n) is 5.52. The number of aliphatic imine (C=N–C) groups is 1. The zero-order chi connectivity index (χ0) is 13.5. The number of carbonyl (C=O) groups excluding carboxylic acids is 1. The van der Waals surface area contributed by atoms with Crippen LogP contribution in [0.15, 0.2) is 4.99 Å². The molecule has 0 unspecified atom stereocenters. The van der Waals surface area contributed by atoms with Crippen molar-refractivity contribution in [3.63, 3.8) is 0 Å². The van der Waals surface area contributed by atoms with Crippen molar-refractivity contribution in [1.29, 1.82) is 0 Å². The molecule has 9 nitrogen and oxygen atoms in total. The first kappa shape index (κ1) is 16.8. The van der Waals surface area contributed by atoms with Crippen LogP contribution in [0.1, 0.15) is 12.8 Å². The van der Waals surface area contributed by atoms with Crippen LogP contribution in [0.5, 0.6) is 0 Å². The first-order chi connectivity index (χ1) is 8.50. The van der Waals surface area contributed by atoms with Crippen molar-refractivity contribution in [3.8, 4) is 0 Å². The van der Waals surface area contributed by atoms with Crippen molar-refractivity contribution in [2.75, 3.05) is 26.2 Å². The molecule has 1 amide bonds. The summed E-state index contributed by atoms with van der Waals surface area (Å²) >= 11 is 0. The molecule has 0 saturated carbocycles. The molecule has 9 heteroatoms. The molecule has 0 atom stereocenters. The van der Waals surface area contributed by atoms with E-state index in [1.54, 1.807) is 0 Å². The maximum Gasteiger partial charge on any atom is 0.414 e. The lowest BCUT2D eigenvalue weighted by molar-refractivity contribution is -0.159. The second-order valence-electron chi connectivity index (χ2n) is 3.78. The van der Waals surface area contributed by atoms with Gasteiger partial charge in [0.15, 0.2) is 0 Å². The number of rotatable bonds is 2. The molecule has 2 heterocycles. The number of aliphatic carboxylic acids is 2. The standard InChI is InChI=1S/C8H13N3O.C2H2O4.H2O/c12-8-2-1-5-11(8)6-7-9-3-4-10-7;3-1(4)2(5)6;/h1-6H2,(H,9,10);(H,3,4)(H,5,6);1H2. The number of amides is 1. The highest BCUT2D eigenvalue weighted by molar-refractivity contribution is 6.27. The quantitative estimate of drug-likeness (QED) is 0.493. The molecule has 108 valence electrons. The Morgan fingerprint density at radius 3 is 2.32 bits per heavy atom. The zero-order valence-electron chi connectivity index (χ0n) is 10.3. The fraction of sp³-hybridized carbons (Fsp3) is 0.600. The van der Waals surface area contributed by atoms with Crippen molar-refractivity contribution in [1.82, 2.24) is 10.2 Å². The van der Waals surface area contributed by atoms with Gasteiger partial charge in [0.1, 0.15) is 5.84 Å². The minimum Gasteiger partial charge on any atom is -0.473 e. The Morgan fingerprint density at radius 1 is 1.32 bits per heavy atom. The Kier molecular flexibility index (Phi) is 7.12. The molecule has 5 N–H and O–H groups in total. The van der Waals surface area contributed by atoms with E-state index in [1.165, 1.54) is 0 Å². The largest absolute Gasteiger partial charge is 0.473 e. The smallest absolute Gasteiger partial charge is 0.414 e. The molecule has 0 aromatic carbocycles. The lowest BCUT2D eigenvalue weighted by atomic mass is 10.4. The summed E-state index contributed by atoms with van der Waals surface area (Å²) in [5.41, 5.74) is 0. The first-order valence-corrected chi connectivity index (χ1v) is 5.52. The van der Waals surface area contributed by atoms with Gasteiger partial charge in [-0.1, -0.05) is 0 Å². The molecule has 1 fully saturated rings. The van der Waals surface area contributed by atoms with Gasteiger partial charge in [0.05, 0.1) is 13.1 Å². The minimum absolute atomic E-state index is 0. The number of likely N-dealkylation sites (tertiary alicyclic amines) is 1. The molecular formula is C10H17N3O6. The van der Waals surface area contributed by atoms with E-state index in [0.29, 0.717) is 13.0 Å². The molecule has 0 aliphatic carbocycles. The second-order valence-corrected chi connectivity index (χ2v) is 3.78. The van der Waals surface area contributed by atoms with Crippen molar-refractivity contribution in [2.24, 2.45) is 4.99 Å². The van der Waals surface area contributed by atoms with Gasteiger partial charge in [0.25, 0.3) is 0 Å². The van der Waals surface area contributed by atoms with E-state index in [-0.39, 0.29) is 11.4 Å². The summed E-state index contributed by atoms with van der Waals surface area (Å²) in [5.74, 6) is -2.40. The molecule has 0 spiro atoms. The summed E-state index contributed by atoms with van der Waals surface area (Å²) in [4.78, 5) is 35.5. The third-order valence-electron chi connectivity index (χ3n) is 2.44. The summed E-state index contributed by atoms with van der Waals surface area (Å²) < 4.78 is 0. The van der Waals surface area contributed by atoms with Crippen LogP contribution >= 0.6 is 0 Å². The van der Waals surface area contributed by atoms with Gasteiger partial charge in [-0.2, -0.15) is 0 Å². The van der Waals surface area contributed by atoms with Crippen molar-refractivity contribution < 1.29 is 30.1 Å². The third kappa shape index (κ3) is 5.82. The number of amidine groups is 1.